The van der Waals surface area contributed by atoms with Gasteiger partial charge >= 0.3 is 5.97 Å². The molecular weight excluding hydrogens is 519 g/mol. The SMILES string of the molecule is O=C(O)c1cc(-c2[nH]c([C@@H]3CCc4cc(-c5cc(Cl)ccc5-n5cnnn5)cc(=O)n43)nc2Cl)ccn1. The van der Waals surface area contributed by atoms with Crippen LogP contribution in [-0.4, -0.2) is 50.8 Å². The Balaban J connectivity index is 1.40. The van der Waals surface area contributed by atoms with Gasteiger partial charge in [0, 0.05) is 34.1 Å². The molecular formula is C24H16Cl2N8O3. The van der Waals surface area contributed by atoms with E-state index in [1.807, 2.05) is 6.07 Å². The van der Waals surface area contributed by atoms with Gasteiger partial charge in [-0.25, -0.2) is 14.8 Å². The highest BCUT2D eigenvalue weighted by Gasteiger charge is 2.29. The lowest BCUT2D eigenvalue weighted by molar-refractivity contribution is 0.0690. The number of carbonyl (C=O) groups is 1. The Labute approximate surface area is 218 Å². The minimum Gasteiger partial charge on any atom is -0.477 e. The quantitative estimate of drug-likeness (QED) is 0.346. The zero-order valence-corrected chi connectivity index (χ0v) is 20.3. The molecule has 37 heavy (non-hydrogen) atoms. The van der Waals surface area contributed by atoms with Crippen LogP contribution < -0.4 is 5.56 Å². The lowest BCUT2D eigenvalue weighted by atomic mass is 10.0. The molecule has 0 fully saturated rings. The van der Waals surface area contributed by atoms with E-state index in [1.165, 1.54) is 23.3 Å². The van der Waals surface area contributed by atoms with Crippen LogP contribution >= 0.6 is 23.2 Å². The first-order chi connectivity index (χ1) is 17.9. The molecule has 13 heteroatoms. The third-order valence-electron chi connectivity index (χ3n) is 6.26. The van der Waals surface area contributed by atoms with Crippen LogP contribution in [0.4, 0.5) is 0 Å². The molecule has 6 rings (SSSR count). The number of aromatic carboxylic acids is 1. The summed E-state index contributed by atoms with van der Waals surface area (Å²) in [5.74, 6) is -0.632. The molecule has 5 aromatic rings. The van der Waals surface area contributed by atoms with E-state index >= 15 is 0 Å². The Bertz CT molecular complexity index is 1730. The molecule has 0 saturated carbocycles. The maximum atomic E-state index is 13.4. The second-order valence-corrected chi connectivity index (χ2v) is 9.23. The number of pyridine rings is 2. The highest BCUT2D eigenvalue weighted by Crippen LogP contribution is 2.36. The van der Waals surface area contributed by atoms with Gasteiger partial charge in [0.15, 0.2) is 5.15 Å². The van der Waals surface area contributed by atoms with E-state index in [1.54, 1.807) is 34.9 Å². The van der Waals surface area contributed by atoms with Crippen LogP contribution in [0.2, 0.25) is 10.2 Å². The number of fused-ring (bicyclic) bond motifs is 1. The van der Waals surface area contributed by atoms with Crippen molar-refractivity contribution in [2.75, 3.05) is 0 Å². The summed E-state index contributed by atoms with van der Waals surface area (Å²) in [6.07, 6.45) is 4.14. The van der Waals surface area contributed by atoms with Crippen molar-refractivity contribution in [2.45, 2.75) is 18.9 Å². The zero-order chi connectivity index (χ0) is 25.7. The van der Waals surface area contributed by atoms with Gasteiger partial charge in [0.05, 0.1) is 17.4 Å². The normalized spacial score (nSPS) is 14.6. The van der Waals surface area contributed by atoms with Crippen molar-refractivity contribution in [3.63, 3.8) is 0 Å². The molecule has 0 unspecified atom stereocenters. The van der Waals surface area contributed by atoms with Gasteiger partial charge in [-0.15, -0.1) is 5.10 Å². The summed E-state index contributed by atoms with van der Waals surface area (Å²) in [6, 6.07) is 11.5. The minimum absolute atomic E-state index is 0.110. The predicted molar refractivity (Wildman–Crippen MR) is 134 cm³/mol. The topological polar surface area (TPSA) is 144 Å². The van der Waals surface area contributed by atoms with Gasteiger partial charge in [-0.3, -0.25) is 4.79 Å². The van der Waals surface area contributed by atoms with Gasteiger partial charge in [0.1, 0.15) is 17.8 Å². The Morgan fingerprint density at radius 1 is 1.11 bits per heavy atom. The molecule has 1 aliphatic rings. The molecule has 0 spiro atoms. The van der Waals surface area contributed by atoms with E-state index in [0.717, 1.165) is 11.3 Å². The zero-order valence-electron chi connectivity index (χ0n) is 18.8. The van der Waals surface area contributed by atoms with Crippen LogP contribution in [0.15, 0.2) is 59.8 Å². The molecule has 0 radical (unpaired) electrons. The summed E-state index contributed by atoms with van der Waals surface area (Å²) in [5.41, 5.74) is 3.62. The van der Waals surface area contributed by atoms with E-state index in [4.69, 9.17) is 23.2 Å². The van der Waals surface area contributed by atoms with Crippen molar-refractivity contribution >= 4 is 29.2 Å². The summed E-state index contributed by atoms with van der Waals surface area (Å²) in [6.45, 7) is 0. The maximum Gasteiger partial charge on any atom is 0.354 e. The highest BCUT2D eigenvalue weighted by molar-refractivity contribution is 6.32. The van der Waals surface area contributed by atoms with Crippen molar-refractivity contribution in [1.29, 1.82) is 0 Å². The summed E-state index contributed by atoms with van der Waals surface area (Å²) in [4.78, 5) is 36.2. The number of rotatable bonds is 5. The molecule has 184 valence electrons. The fourth-order valence-electron chi connectivity index (χ4n) is 4.64. The van der Waals surface area contributed by atoms with Gasteiger partial charge in [-0.2, -0.15) is 4.68 Å². The van der Waals surface area contributed by atoms with E-state index in [2.05, 4.69) is 30.5 Å². The standard InChI is InChI=1S/C24H16Cl2N8O3/c25-14-1-3-18(33-11-28-31-32-33)16(10-14)13-7-15-2-4-19(34(15)20(35)9-13)23-29-21(22(26)30-23)12-5-6-27-17(8-12)24(36)37/h1,3,5-11,19H,2,4H2,(H,29,30)(H,36,37)/t19-/m0/s1. The number of tetrazole rings is 1. The fraction of sp³-hybridized carbons (Fsp3) is 0.125. The Morgan fingerprint density at radius 3 is 2.76 bits per heavy atom. The molecule has 1 aliphatic heterocycles. The van der Waals surface area contributed by atoms with Crippen molar-refractivity contribution < 1.29 is 9.90 Å². The summed E-state index contributed by atoms with van der Waals surface area (Å²) in [7, 11) is 0. The van der Waals surface area contributed by atoms with Crippen LogP contribution in [0.25, 0.3) is 28.1 Å². The number of carboxylic acids is 1. The number of imidazole rings is 1. The van der Waals surface area contributed by atoms with E-state index in [9.17, 15) is 14.7 Å². The molecule has 0 bridgehead atoms. The summed E-state index contributed by atoms with van der Waals surface area (Å²) in [5, 5.41) is 21.3. The summed E-state index contributed by atoms with van der Waals surface area (Å²) < 4.78 is 3.21. The Morgan fingerprint density at radius 2 is 1.97 bits per heavy atom. The number of benzene rings is 1. The van der Waals surface area contributed by atoms with E-state index in [0.29, 0.717) is 46.2 Å². The number of hydrogen-bond donors (Lipinski definition) is 2. The number of aromatic amines is 1. The van der Waals surface area contributed by atoms with Crippen molar-refractivity contribution in [2.24, 2.45) is 0 Å². The maximum absolute atomic E-state index is 13.4. The first-order valence-corrected chi connectivity index (χ1v) is 11.9. The number of carboxylic acid groups (broad SMARTS) is 1. The number of halogens is 2. The monoisotopic (exact) mass is 534 g/mol. The second kappa shape index (κ2) is 8.95. The van der Waals surface area contributed by atoms with E-state index in [-0.39, 0.29) is 22.4 Å². The first-order valence-electron chi connectivity index (χ1n) is 11.1. The van der Waals surface area contributed by atoms with E-state index < -0.39 is 5.97 Å². The van der Waals surface area contributed by atoms with Crippen LogP contribution in [0.5, 0.6) is 0 Å². The number of aryl methyl sites for hydroxylation is 1. The number of hydrogen-bond acceptors (Lipinski definition) is 7. The molecule has 11 nitrogen and oxygen atoms in total. The van der Waals surface area contributed by atoms with Crippen LogP contribution in [0, 0.1) is 0 Å². The molecule has 1 aromatic carbocycles. The van der Waals surface area contributed by atoms with Crippen LogP contribution in [0.1, 0.15) is 34.5 Å². The molecule has 2 N–H and O–H groups in total. The van der Waals surface area contributed by atoms with Gasteiger partial charge < -0.3 is 14.7 Å². The van der Waals surface area contributed by atoms with Crippen LogP contribution in [-0.2, 0) is 6.42 Å². The fourth-order valence-corrected chi connectivity index (χ4v) is 5.06. The van der Waals surface area contributed by atoms with Gasteiger partial charge in [-0.05, 0) is 65.2 Å². The third-order valence-corrected chi connectivity index (χ3v) is 6.77. The predicted octanol–water partition coefficient (Wildman–Crippen LogP) is 3.82. The molecule has 0 saturated heterocycles. The molecule has 0 amide bonds. The highest BCUT2D eigenvalue weighted by atomic mass is 35.5. The number of nitrogens with one attached hydrogen (secondary N) is 1. The molecule has 5 heterocycles. The molecule has 1 atom stereocenters. The van der Waals surface area contributed by atoms with Gasteiger partial charge in [-0.1, -0.05) is 23.2 Å². The lowest BCUT2D eigenvalue weighted by Gasteiger charge is -2.15. The Hall–Kier alpha value is -4.35. The van der Waals surface area contributed by atoms with Crippen molar-refractivity contribution in [3.8, 4) is 28.1 Å². The average Bonchev–Trinajstić information content (AvgIpc) is 3.64. The van der Waals surface area contributed by atoms with Crippen molar-refractivity contribution in [1.82, 2.24) is 39.7 Å². The number of H-pyrrole nitrogens is 1. The molecule has 4 aromatic heterocycles. The minimum atomic E-state index is -1.15. The third kappa shape index (κ3) is 4.07. The smallest absolute Gasteiger partial charge is 0.354 e. The first kappa shape index (κ1) is 23.1. The second-order valence-electron chi connectivity index (χ2n) is 8.44. The van der Waals surface area contributed by atoms with Gasteiger partial charge in [0.2, 0.25) is 0 Å². The van der Waals surface area contributed by atoms with Crippen LogP contribution in [0.3, 0.4) is 0 Å². The summed E-state index contributed by atoms with van der Waals surface area (Å²) >= 11 is 12.7. The molecule has 0 aliphatic carbocycles. The Kier molecular flexibility index (Phi) is 5.58. The van der Waals surface area contributed by atoms with Crippen molar-refractivity contribution in [3.05, 3.63) is 92.7 Å². The largest absolute Gasteiger partial charge is 0.477 e. The lowest BCUT2D eigenvalue weighted by Crippen LogP contribution is -2.24. The number of aromatic nitrogens is 8. The average molecular weight is 535 g/mol. The van der Waals surface area contributed by atoms with Gasteiger partial charge in [0.25, 0.3) is 5.56 Å². The number of nitrogens with zero attached hydrogens (tertiary/aromatic N) is 7.